The van der Waals surface area contributed by atoms with Gasteiger partial charge >= 0.3 is 5.97 Å². The minimum absolute atomic E-state index is 0.0964. The number of carbonyl (C=O) groups is 1. The van der Waals surface area contributed by atoms with E-state index in [1.165, 1.54) is 0 Å². The molecule has 0 saturated carbocycles. The van der Waals surface area contributed by atoms with Gasteiger partial charge in [-0.1, -0.05) is 27.7 Å². The van der Waals surface area contributed by atoms with Crippen molar-refractivity contribution < 1.29 is 14.3 Å². The van der Waals surface area contributed by atoms with E-state index in [4.69, 9.17) is 9.47 Å². The van der Waals surface area contributed by atoms with E-state index in [1.54, 1.807) is 0 Å². The summed E-state index contributed by atoms with van der Waals surface area (Å²) in [5, 5.41) is 0. The lowest BCUT2D eigenvalue weighted by atomic mass is 9.74. The molecule has 0 spiro atoms. The van der Waals surface area contributed by atoms with Gasteiger partial charge in [0.25, 0.3) is 0 Å². The highest BCUT2D eigenvalue weighted by Gasteiger charge is 2.41. The van der Waals surface area contributed by atoms with Crippen molar-refractivity contribution >= 4 is 5.97 Å². The average molecular weight is 258 g/mol. The predicted molar refractivity (Wildman–Crippen MR) is 74.5 cm³/mol. The SMILES string of the molecule is CCOCC(CC(C)C)(CC(C)C)C(=O)OCC. The second kappa shape index (κ2) is 8.52. The summed E-state index contributed by atoms with van der Waals surface area (Å²) in [6.07, 6.45) is 1.65. The lowest BCUT2D eigenvalue weighted by Crippen LogP contribution is -2.40. The molecule has 18 heavy (non-hydrogen) atoms. The van der Waals surface area contributed by atoms with Gasteiger partial charge in [-0.25, -0.2) is 0 Å². The van der Waals surface area contributed by atoms with Gasteiger partial charge in [0.1, 0.15) is 0 Å². The third-order valence-electron chi connectivity index (χ3n) is 2.89. The highest BCUT2D eigenvalue weighted by Crippen LogP contribution is 2.35. The maximum atomic E-state index is 12.3. The molecule has 0 saturated heterocycles. The average Bonchev–Trinajstić information content (AvgIpc) is 2.24. The second-order valence-corrected chi connectivity index (χ2v) is 5.83. The van der Waals surface area contributed by atoms with Crippen LogP contribution in [0.2, 0.25) is 0 Å². The molecule has 0 radical (unpaired) electrons. The molecule has 0 amide bonds. The standard InChI is InChI=1S/C15H30O3/c1-7-17-11-15(9-12(3)4,10-13(5)6)14(16)18-8-2/h12-13H,7-11H2,1-6H3. The van der Waals surface area contributed by atoms with Crippen LogP contribution in [0.3, 0.4) is 0 Å². The number of ether oxygens (including phenoxy) is 2. The first-order chi connectivity index (χ1) is 8.38. The molecule has 0 fully saturated rings. The normalized spacial score (nSPS) is 12.2. The molecule has 108 valence electrons. The van der Waals surface area contributed by atoms with E-state index in [0.717, 1.165) is 12.8 Å². The largest absolute Gasteiger partial charge is 0.465 e. The molecular weight excluding hydrogens is 228 g/mol. The van der Waals surface area contributed by atoms with Crippen LogP contribution in [-0.2, 0) is 14.3 Å². The van der Waals surface area contributed by atoms with Crippen molar-refractivity contribution in [1.29, 1.82) is 0 Å². The lowest BCUT2D eigenvalue weighted by Gasteiger charge is -2.34. The van der Waals surface area contributed by atoms with E-state index in [1.807, 2.05) is 13.8 Å². The van der Waals surface area contributed by atoms with Gasteiger partial charge in [0.05, 0.1) is 18.6 Å². The topological polar surface area (TPSA) is 35.5 Å². The van der Waals surface area contributed by atoms with Crippen LogP contribution in [0.15, 0.2) is 0 Å². The van der Waals surface area contributed by atoms with Crippen molar-refractivity contribution in [3.8, 4) is 0 Å². The van der Waals surface area contributed by atoms with Crippen molar-refractivity contribution in [3.05, 3.63) is 0 Å². The molecule has 3 nitrogen and oxygen atoms in total. The zero-order chi connectivity index (χ0) is 14.2. The summed E-state index contributed by atoms with van der Waals surface area (Å²) in [6.45, 7) is 13.9. The quantitative estimate of drug-likeness (QED) is 0.592. The van der Waals surface area contributed by atoms with Crippen LogP contribution < -0.4 is 0 Å². The maximum Gasteiger partial charge on any atom is 0.314 e. The van der Waals surface area contributed by atoms with E-state index >= 15 is 0 Å². The lowest BCUT2D eigenvalue weighted by molar-refractivity contribution is -0.162. The number of rotatable bonds is 9. The molecule has 0 aromatic rings. The molecule has 0 aliphatic carbocycles. The van der Waals surface area contributed by atoms with Crippen LogP contribution >= 0.6 is 0 Å². The number of esters is 1. The monoisotopic (exact) mass is 258 g/mol. The third-order valence-corrected chi connectivity index (χ3v) is 2.89. The first kappa shape index (κ1) is 17.4. The Morgan fingerprint density at radius 1 is 1.00 bits per heavy atom. The molecular formula is C15H30O3. The van der Waals surface area contributed by atoms with E-state index < -0.39 is 5.41 Å². The number of carbonyl (C=O) groups excluding carboxylic acids is 1. The van der Waals surface area contributed by atoms with Gasteiger partial charge in [-0.2, -0.15) is 0 Å². The van der Waals surface area contributed by atoms with Crippen LogP contribution in [0.5, 0.6) is 0 Å². The van der Waals surface area contributed by atoms with Crippen molar-refractivity contribution in [2.24, 2.45) is 17.3 Å². The molecule has 0 unspecified atom stereocenters. The fraction of sp³-hybridized carbons (Fsp3) is 0.933. The molecule has 0 aromatic heterocycles. The minimum Gasteiger partial charge on any atom is -0.465 e. The molecule has 3 heteroatoms. The zero-order valence-corrected chi connectivity index (χ0v) is 12.9. The molecule has 0 atom stereocenters. The van der Waals surface area contributed by atoms with Gasteiger partial charge in [-0.15, -0.1) is 0 Å². The summed E-state index contributed by atoms with van der Waals surface area (Å²) < 4.78 is 10.9. The Bertz CT molecular complexity index is 224. The third kappa shape index (κ3) is 5.85. The van der Waals surface area contributed by atoms with E-state index in [-0.39, 0.29) is 5.97 Å². The highest BCUT2D eigenvalue weighted by molar-refractivity contribution is 5.77. The predicted octanol–water partition coefficient (Wildman–Crippen LogP) is 3.66. The highest BCUT2D eigenvalue weighted by atomic mass is 16.5. The summed E-state index contributed by atoms with van der Waals surface area (Å²) in [5.41, 5.74) is -0.478. The molecule has 0 bridgehead atoms. The minimum atomic E-state index is -0.478. The van der Waals surface area contributed by atoms with Gasteiger partial charge in [0, 0.05) is 6.61 Å². The summed E-state index contributed by atoms with van der Waals surface area (Å²) in [5.74, 6) is 0.808. The fourth-order valence-corrected chi connectivity index (χ4v) is 2.57. The van der Waals surface area contributed by atoms with E-state index in [2.05, 4.69) is 27.7 Å². The Labute approximate surface area is 112 Å². The van der Waals surface area contributed by atoms with Crippen LogP contribution in [0.4, 0.5) is 0 Å². The van der Waals surface area contributed by atoms with Crippen molar-refractivity contribution in [2.45, 2.75) is 54.4 Å². The van der Waals surface area contributed by atoms with Crippen molar-refractivity contribution in [1.82, 2.24) is 0 Å². The number of hydrogen-bond acceptors (Lipinski definition) is 3. The summed E-state index contributed by atoms with van der Waals surface area (Å²) in [7, 11) is 0. The molecule has 0 aromatic carbocycles. The number of hydrogen-bond donors (Lipinski definition) is 0. The summed E-state index contributed by atoms with van der Waals surface area (Å²) >= 11 is 0. The van der Waals surface area contributed by atoms with Gasteiger partial charge in [-0.3, -0.25) is 4.79 Å². The van der Waals surface area contributed by atoms with Gasteiger partial charge in [0.15, 0.2) is 0 Å². The van der Waals surface area contributed by atoms with Crippen LogP contribution in [0.25, 0.3) is 0 Å². The Morgan fingerprint density at radius 3 is 1.83 bits per heavy atom. The van der Waals surface area contributed by atoms with Crippen molar-refractivity contribution in [2.75, 3.05) is 19.8 Å². The molecule has 0 heterocycles. The maximum absolute atomic E-state index is 12.3. The Kier molecular flexibility index (Phi) is 8.25. The van der Waals surface area contributed by atoms with Crippen LogP contribution in [0.1, 0.15) is 54.4 Å². The fourth-order valence-electron chi connectivity index (χ4n) is 2.57. The van der Waals surface area contributed by atoms with E-state index in [9.17, 15) is 4.79 Å². The first-order valence-corrected chi connectivity index (χ1v) is 7.13. The Morgan fingerprint density at radius 2 is 1.50 bits per heavy atom. The van der Waals surface area contributed by atoms with Crippen LogP contribution in [-0.4, -0.2) is 25.8 Å². The first-order valence-electron chi connectivity index (χ1n) is 7.13. The van der Waals surface area contributed by atoms with Gasteiger partial charge in [0.2, 0.25) is 0 Å². The van der Waals surface area contributed by atoms with E-state index in [0.29, 0.717) is 31.7 Å². The molecule has 0 aliphatic rings. The van der Waals surface area contributed by atoms with Crippen LogP contribution in [0, 0.1) is 17.3 Å². The van der Waals surface area contributed by atoms with Gasteiger partial charge in [-0.05, 0) is 38.5 Å². The van der Waals surface area contributed by atoms with Gasteiger partial charge < -0.3 is 9.47 Å². The molecule has 0 aliphatic heterocycles. The Hall–Kier alpha value is -0.570. The zero-order valence-electron chi connectivity index (χ0n) is 12.9. The molecule has 0 rings (SSSR count). The molecule has 0 N–H and O–H groups in total. The second-order valence-electron chi connectivity index (χ2n) is 5.83. The summed E-state index contributed by atoms with van der Waals surface area (Å²) in [4.78, 5) is 12.3. The Balaban J connectivity index is 5.03. The summed E-state index contributed by atoms with van der Waals surface area (Å²) in [6, 6.07) is 0. The smallest absolute Gasteiger partial charge is 0.314 e. The van der Waals surface area contributed by atoms with Crippen molar-refractivity contribution in [3.63, 3.8) is 0 Å².